The summed E-state index contributed by atoms with van der Waals surface area (Å²) in [5, 5.41) is 9.23. The quantitative estimate of drug-likeness (QED) is 0.761. The highest BCUT2D eigenvalue weighted by atomic mass is 16.3. The molecule has 1 rings (SSSR count). The third kappa shape index (κ3) is 2.29. The van der Waals surface area contributed by atoms with E-state index < -0.39 is 0 Å². The second-order valence-electron chi connectivity index (χ2n) is 3.52. The molecule has 2 heteroatoms. The van der Waals surface area contributed by atoms with E-state index in [-0.39, 0.29) is 12.6 Å². The third-order valence-electron chi connectivity index (χ3n) is 2.34. The molecule has 0 aliphatic carbocycles. The van der Waals surface area contributed by atoms with E-state index in [1.165, 1.54) is 11.1 Å². The lowest BCUT2D eigenvalue weighted by Crippen LogP contribution is -2.23. The number of hydrogen-bond acceptors (Lipinski definition) is 2. The van der Waals surface area contributed by atoms with E-state index in [0.29, 0.717) is 0 Å². The summed E-state index contributed by atoms with van der Waals surface area (Å²) in [4.78, 5) is 2.03. The fraction of sp³-hybridized carbons (Fsp3) is 0.455. The largest absolute Gasteiger partial charge is 0.394 e. The zero-order chi connectivity index (χ0) is 9.84. The molecule has 0 amide bonds. The predicted octanol–water partition coefficient (Wildman–Crippen LogP) is 1.59. The molecule has 0 aliphatic heterocycles. The van der Waals surface area contributed by atoms with Gasteiger partial charge in [0, 0.05) is 0 Å². The highest BCUT2D eigenvalue weighted by molar-refractivity contribution is 5.28. The van der Waals surface area contributed by atoms with Crippen molar-refractivity contribution in [3.8, 4) is 0 Å². The van der Waals surface area contributed by atoms with Gasteiger partial charge < -0.3 is 10.0 Å². The molecule has 0 unspecified atom stereocenters. The minimum Gasteiger partial charge on any atom is -0.394 e. The van der Waals surface area contributed by atoms with Crippen molar-refractivity contribution in [3.63, 3.8) is 0 Å². The van der Waals surface area contributed by atoms with E-state index in [0.717, 1.165) is 0 Å². The molecule has 1 N–H and O–H groups in total. The number of aryl methyl sites for hydroxylation is 1. The van der Waals surface area contributed by atoms with Crippen LogP contribution in [0.15, 0.2) is 24.3 Å². The normalized spacial score (nSPS) is 13.3. The molecule has 72 valence electrons. The fourth-order valence-corrected chi connectivity index (χ4v) is 1.50. The van der Waals surface area contributed by atoms with Crippen molar-refractivity contribution >= 4 is 0 Å². The summed E-state index contributed by atoms with van der Waals surface area (Å²) in [5.41, 5.74) is 2.44. The van der Waals surface area contributed by atoms with E-state index >= 15 is 0 Å². The first-order valence-electron chi connectivity index (χ1n) is 4.49. The Labute approximate surface area is 79.8 Å². The molecule has 0 heterocycles. The van der Waals surface area contributed by atoms with Gasteiger partial charge in [0.05, 0.1) is 12.6 Å². The van der Waals surface area contributed by atoms with Crippen LogP contribution >= 0.6 is 0 Å². The molecule has 0 radical (unpaired) electrons. The van der Waals surface area contributed by atoms with Gasteiger partial charge in [-0.15, -0.1) is 0 Å². The topological polar surface area (TPSA) is 23.5 Å². The summed E-state index contributed by atoms with van der Waals surface area (Å²) < 4.78 is 0. The molecule has 0 bridgehead atoms. The maximum atomic E-state index is 9.23. The molecule has 2 nitrogen and oxygen atoms in total. The summed E-state index contributed by atoms with van der Waals surface area (Å²) in [6.07, 6.45) is 0. The minimum atomic E-state index is 0.112. The van der Waals surface area contributed by atoms with Crippen LogP contribution in [0.4, 0.5) is 0 Å². The van der Waals surface area contributed by atoms with Crippen LogP contribution in [0, 0.1) is 6.92 Å². The first-order chi connectivity index (χ1) is 6.16. The van der Waals surface area contributed by atoms with Crippen molar-refractivity contribution in [3.05, 3.63) is 35.4 Å². The molecule has 0 spiro atoms. The van der Waals surface area contributed by atoms with Gasteiger partial charge in [0.15, 0.2) is 0 Å². The number of rotatable bonds is 3. The maximum Gasteiger partial charge on any atom is 0.0628 e. The molecule has 0 aromatic heterocycles. The van der Waals surface area contributed by atoms with E-state index in [1.54, 1.807) is 0 Å². The van der Waals surface area contributed by atoms with Gasteiger partial charge in [-0.1, -0.05) is 24.3 Å². The Bertz CT molecular complexity index is 271. The molecule has 1 aromatic carbocycles. The molecule has 1 atom stereocenters. The first kappa shape index (κ1) is 10.2. The molecule has 0 aliphatic rings. The van der Waals surface area contributed by atoms with Crippen LogP contribution < -0.4 is 0 Å². The van der Waals surface area contributed by atoms with Crippen LogP contribution in [0.2, 0.25) is 0 Å². The number of nitrogens with zero attached hydrogens (tertiary/aromatic N) is 1. The summed E-state index contributed by atoms with van der Waals surface area (Å²) in [5.74, 6) is 0. The minimum absolute atomic E-state index is 0.112. The van der Waals surface area contributed by atoms with Crippen molar-refractivity contribution in [1.82, 2.24) is 4.90 Å². The number of likely N-dealkylation sites (N-methyl/N-ethyl adjacent to an activating group) is 1. The van der Waals surface area contributed by atoms with Gasteiger partial charge in [-0.25, -0.2) is 0 Å². The highest BCUT2D eigenvalue weighted by Gasteiger charge is 2.13. The molecular formula is C11H17NO. The molecule has 0 saturated carbocycles. The van der Waals surface area contributed by atoms with Crippen molar-refractivity contribution in [2.24, 2.45) is 0 Å². The summed E-state index contributed by atoms with van der Waals surface area (Å²) in [6, 6.07) is 8.27. The summed E-state index contributed by atoms with van der Waals surface area (Å²) >= 11 is 0. The van der Waals surface area contributed by atoms with Gasteiger partial charge in [0.1, 0.15) is 0 Å². The van der Waals surface area contributed by atoms with Gasteiger partial charge in [0.2, 0.25) is 0 Å². The fourth-order valence-electron chi connectivity index (χ4n) is 1.50. The molecule has 0 fully saturated rings. The summed E-state index contributed by atoms with van der Waals surface area (Å²) in [6.45, 7) is 2.24. The van der Waals surface area contributed by atoms with Crippen LogP contribution in [-0.2, 0) is 0 Å². The lowest BCUT2D eigenvalue weighted by molar-refractivity contribution is 0.170. The number of benzene rings is 1. The van der Waals surface area contributed by atoms with Crippen LogP contribution in [0.3, 0.4) is 0 Å². The van der Waals surface area contributed by atoms with E-state index in [2.05, 4.69) is 19.1 Å². The Hall–Kier alpha value is -0.860. The van der Waals surface area contributed by atoms with E-state index in [1.807, 2.05) is 31.1 Å². The number of aliphatic hydroxyl groups is 1. The van der Waals surface area contributed by atoms with Gasteiger partial charge in [0.25, 0.3) is 0 Å². The van der Waals surface area contributed by atoms with E-state index in [9.17, 15) is 5.11 Å². The van der Waals surface area contributed by atoms with E-state index in [4.69, 9.17) is 0 Å². The van der Waals surface area contributed by atoms with Crippen molar-refractivity contribution in [2.75, 3.05) is 20.7 Å². The van der Waals surface area contributed by atoms with Gasteiger partial charge in [-0.2, -0.15) is 0 Å². The Morgan fingerprint density at radius 3 is 2.38 bits per heavy atom. The van der Waals surface area contributed by atoms with Crippen molar-refractivity contribution in [2.45, 2.75) is 13.0 Å². The Morgan fingerprint density at radius 1 is 1.31 bits per heavy atom. The van der Waals surface area contributed by atoms with Gasteiger partial charge in [-0.3, -0.25) is 0 Å². The average molecular weight is 179 g/mol. The number of aliphatic hydroxyl groups excluding tert-OH is 1. The standard InChI is InChI=1S/C11H17NO/c1-9-6-4-5-7-10(9)11(8-13)12(2)3/h4-7,11,13H,8H2,1-3H3/t11-/m1/s1. The second kappa shape index (κ2) is 4.40. The van der Waals surface area contributed by atoms with Crippen LogP contribution in [-0.4, -0.2) is 30.7 Å². The van der Waals surface area contributed by atoms with Gasteiger partial charge in [-0.05, 0) is 32.1 Å². The molecule has 0 saturated heterocycles. The lowest BCUT2D eigenvalue weighted by atomic mass is 10.0. The highest BCUT2D eigenvalue weighted by Crippen LogP contribution is 2.20. The third-order valence-corrected chi connectivity index (χ3v) is 2.34. The Balaban J connectivity index is 2.97. The lowest BCUT2D eigenvalue weighted by Gasteiger charge is -2.23. The van der Waals surface area contributed by atoms with Crippen molar-refractivity contribution < 1.29 is 5.11 Å². The Kier molecular flexibility index (Phi) is 3.46. The monoisotopic (exact) mass is 179 g/mol. The van der Waals surface area contributed by atoms with Crippen LogP contribution in [0.25, 0.3) is 0 Å². The SMILES string of the molecule is Cc1ccccc1[C@@H](CO)N(C)C. The Morgan fingerprint density at radius 2 is 1.92 bits per heavy atom. The van der Waals surface area contributed by atoms with Gasteiger partial charge >= 0.3 is 0 Å². The van der Waals surface area contributed by atoms with Crippen LogP contribution in [0.5, 0.6) is 0 Å². The molecule has 1 aromatic rings. The molecule has 13 heavy (non-hydrogen) atoms. The predicted molar refractivity (Wildman–Crippen MR) is 54.7 cm³/mol. The number of hydrogen-bond donors (Lipinski definition) is 1. The first-order valence-corrected chi connectivity index (χ1v) is 4.49. The van der Waals surface area contributed by atoms with Crippen LogP contribution in [0.1, 0.15) is 17.2 Å². The zero-order valence-corrected chi connectivity index (χ0v) is 8.49. The zero-order valence-electron chi connectivity index (χ0n) is 8.49. The average Bonchev–Trinajstić information content (AvgIpc) is 2.09. The van der Waals surface area contributed by atoms with Crippen molar-refractivity contribution in [1.29, 1.82) is 0 Å². The molecular weight excluding hydrogens is 162 g/mol. The maximum absolute atomic E-state index is 9.23. The summed E-state index contributed by atoms with van der Waals surface area (Å²) in [7, 11) is 3.96. The second-order valence-corrected chi connectivity index (χ2v) is 3.52. The smallest absolute Gasteiger partial charge is 0.0628 e.